The second-order valence-electron chi connectivity index (χ2n) is 7.27. The summed E-state index contributed by atoms with van der Waals surface area (Å²) in [5.41, 5.74) is 4.07. The van der Waals surface area contributed by atoms with Crippen molar-refractivity contribution < 1.29 is 14.4 Å². The van der Waals surface area contributed by atoms with E-state index < -0.39 is 6.04 Å². The van der Waals surface area contributed by atoms with Crippen LogP contribution in [0, 0.1) is 6.92 Å². The quantitative estimate of drug-likeness (QED) is 0.801. The first-order valence-electron chi connectivity index (χ1n) is 9.06. The van der Waals surface area contributed by atoms with E-state index in [0.717, 1.165) is 24.1 Å². The van der Waals surface area contributed by atoms with Crippen LogP contribution in [-0.2, 0) is 16.1 Å². The Morgan fingerprint density at radius 3 is 2.68 bits per heavy atom. The summed E-state index contributed by atoms with van der Waals surface area (Å²) in [4.78, 5) is 37.9. The van der Waals surface area contributed by atoms with Gasteiger partial charge in [-0.1, -0.05) is 12.5 Å². The number of aryl methyl sites for hydroxylation is 1. The molecule has 3 heterocycles. The first kappa shape index (κ1) is 16.3. The lowest BCUT2D eigenvalue weighted by Crippen LogP contribution is -2.52. The van der Waals surface area contributed by atoms with E-state index in [9.17, 15) is 14.4 Å². The Bertz CT molecular complexity index is 753. The van der Waals surface area contributed by atoms with E-state index in [1.807, 2.05) is 13.0 Å². The maximum atomic E-state index is 12.8. The number of benzene rings is 1. The van der Waals surface area contributed by atoms with Gasteiger partial charge in [0.1, 0.15) is 6.04 Å². The molecular formula is C19H23N3O3. The van der Waals surface area contributed by atoms with Gasteiger partial charge < -0.3 is 10.2 Å². The molecule has 0 bridgehead atoms. The molecule has 0 spiro atoms. The summed E-state index contributed by atoms with van der Waals surface area (Å²) in [6, 6.07) is 3.90. The third-order valence-electron chi connectivity index (χ3n) is 5.60. The highest BCUT2D eigenvalue weighted by molar-refractivity contribution is 6.05. The normalized spacial score (nSPS) is 26.6. The SMILES string of the molecule is Cc1cc2c(cc1C1CCCCN1)CN(C1CCC(=O)NC1=O)C2=O. The number of imide groups is 1. The van der Waals surface area contributed by atoms with Crippen LogP contribution in [0.3, 0.4) is 0 Å². The minimum atomic E-state index is -0.547. The van der Waals surface area contributed by atoms with Gasteiger partial charge in [-0.2, -0.15) is 0 Å². The summed E-state index contributed by atoms with van der Waals surface area (Å²) in [6.07, 6.45) is 4.23. The predicted octanol–water partition coefficient (Wildman–Crippen LogP) is 1.57. The monoisotopic (exact) mass is 341 g/mol. The fourth-order valence-electron chi connectivity index (χ4n) is 4.24. The van der Waals surface area contributed by atoms with Crippen LogP contribution >= 0.6 is 0 Å². The van der Waals surface area contributed by atoms with E-state index in [4.69, 9.17) is 0 Å². The number of nitrogens with one attached hydrogen (secondary N) is 2. The number of carbonyl (C=O) groups excluding carboxylic acids is 3. The number of carbonyl (C=O) groups is 3. The topological polar surface area (TPSA) is 78.5 Å². The highest BCUT2D eigenvalue weighted by atomic mass is 16.2. The zero-order valence-electron chi connectivity index (χ0n) is 14.4. The van der Waals surface area contributed by atoms with E-state index in [-0.39, 0.29) is 24.1 Å². The first-order chi connectivity index (χ1) is 12.0. The van der Waals surface area contributed by atoms with Crippen molar-refractivity contribution in [2.45, 2.75) is 57.7 Å². The average molecular weight is 341 g/mol. The van der Waals surface area contributed by atoms with Crippen molar-refractivity contribution in [2.75, 3.05) is 6.54 Å². The summed E-state index contributed by atoms with van der Waals surface area (Å²) in [6.45, 7) is 3.52. The fourth-order valence-corrected chi connectivity index (χ4v) is 4.24. The van der Waals surface area contributed by atoms with Crippen LogP contribution in [0.25, 0.3) is 0 Å². The standard InChI is InChI=1S/C19H23N3O3/c1-11-8-14-12(9-13(11)15-4-2-3-7-20-15)10-22(19(14)25)16-5-6-17(23)21-18(16)24/h8-9,15-16,20H,2-7,10H2,1H3,(H,21,23,24). The number of hydrogen-bond donors (Lipinski definition) is 2. The maximum Gasteiger partial charge on any atom is 0.255 e. The lowest BCUT2D eigenvalue weighted by atomic mass is 9.91. The van der Waals surface area contributed by atoms with Gasteiger partial charge in [0.15, 0.2) is 0 Å². The minimum absolute atomic E-state index is 0.101. The number of piperidine rings is 2. The molecule has 1 aromatic rings. The summed E-state index contributed by atoms with van der Waals surface area (Å²) < 4.78 is 0. The molecule has 132 valence electrons. The lowest BCUT2D eigenvalue weighted by Gasteiger charge is -2.29. The van der Waals surface area contributed by atoms with Crippen molar-refractivity contribution >= 4 is 17.7 Å². The smallest absolute Gasteiger partial charge is 0.255 e. The highest BCUT2D eigenvalue weighted by Crippen LogP contribution is 2.33. The second-order valence-corrected chi connectivity index (χ2v) is 7.27. The molecule has 3 aliphatic heterocycles. The van der Waals surface area contributed by atoms with Crippen molar-refractivity contribution in [2.24, 2.45) is 0 Å². The van der Waals surface area contributed by atoms with E-state index in [1.54, 1.807) is 4.90 Å². The van der Waals surface area contributed by atoms with Crippen LogP contribution in [-0.4, -0.2) is 35.2 Å². The molecule has 0 saturated carbocycles. The molecule has 6 nitrogen and oxygen atoms in total. The molecule has 6 heteroatoms. The third-order valence-corrected chi connectivity index (χ3v) is 5.60. The highest BCUT2D eigenvalue weighted by Gasteiger charge is 2.39. The molecule has 0 aromatic heterocycles. The van der Waals surface area contributed by atoms with Crippen LogP contribution in [0.5, 0.6) is 0 Å². The minimum Gasteiger partial charge on any atom is -0.322 e. The van der Waals surface area contributed by atoms with Gasteiger partial charge in [0.25, 0.3) is 5.91 Å². The molecule has 3 aliphatic rings. The van der Waals surface area contributed by atoms with Gasteiger partial charge in [0, 0.05) is 24.6 Å². The molecule has 2 fully saturated rings. The van der Waals surface area contributed by atoms with E-state index in [0.29, 0.717) is 24.6 Å². The number of amides is 3. The van der Waals surface area contributed by atoms with Gasteiger partial charge in [0.2, 0.25) is 11.8 Å². The molecule has 1 aromatic carbocycles. The summed E-state index contributed by atoms with van der Waals surface area (Å²) >= 11 is 0. The summed E-state index contributed by atoms with van der Waals surface area (Å²) in [5, 5.41) is 5.91. The zero-order valence-corrected chi connectivity index (χ0v) is 14.4. The van der Waals surface area contributed by atoms with Crippen molar-refractivity contribution in [1.29, 1.82) is 0 Å². The van der Waals surface area contributed by atoms with Crippen molar-refractivity contribution in [1.82, 2.24) is 15.5 Å². The van der Waals surface area contributed by atoms with E-state index in [1.165, 1.54) is 18.4 Å². The summed E-state index contributed by atoms with van der Waals surface area (Å²) in [7, 11) is 0. The van der Waals surface area contributed by atoms with Crippen molar-refractivity contribution in [3.8, 4) is 0 Å². The molecule has 0 aliphatic carbocycles. The molecule has 2 saturated heterocycles. The molecule has 0 radical (unpaired) electrons. The van der Waals surface area contributed by atoms with Crippen LogP contribution in [0.15, 0.2) is 12.1 Å². The number of rotatable bonds is 2. The molecule has 4 rings (SSSR count). The Morgan fingerprint density at radius 2 is 1.96 bits per heavy atom. The lowest BCUT2D eigenvalue weighted by molar-refractivity contribution is -0.136. The largest absolute Gasteiger partial charge is 0.322 e. The Morgan fingerprint density at radius 1 is 1.12 bits per heavy atom. The maximum absolute atomic E-state index is 12.8. The molecular weight excluding hydrogens is 318 g/mol. The molecule has 2 atom stereocenters. The van der Waals surface area contributed by atoms with Gasteiger partial charge in [-0.05, 0) is 55.5 Å². The third kappa shape index (κ3) is 2.84. The van der Waals surface area contributed by atoms with E-state index >= 15 is 0 Å². The Labute approximate surface area is 147 Å². The van der Waals surface area contributed by atoms with Crippen LogP contribution in [0.1, 0.15) is 65.2 Å². The Balaban J connectivity index is 1.60. The van der Waals surface area contributed by atoms with E-state index in [2.05, 4.69) is 16.7 Å². The Kier molecular flexibility index (Phi) is 4.07. The van der Waals surface area contributed by atoms with Crippen molar-refractivity contribution in [3.63, 3.8) is 0 Å². The molecule has 25 heavy (non-hydrogen) atoms. The zero-order chi connectivity index (χ0) is 17.6. The summed E-state index contributed by atoms with van der Waals surface area (Å²) in [5.74, 6) is -0.717. The van der Waals surface area contributed by atoms with Crippen LogP contribution in [0.4, 0.5) is 0 Å². The van der Waals surface area contributed by atoms with Crippen molar-refractivity contribution in [3.05, 3.63) is 34.4 Å². The molecule has 3 amide bonds. The number of nitrogens with zero attached hydrogens (tertiary/aromatic N) is 1. The number of fused-ring (bicyclic) bond motifs is 1. The van der Waals surface area contributed by atoms with Crippen LogP contribution in [0.2, 0.25) is 0 Å². The van der Waals surface area contributed by atoms with Gasteiger partial charge in [-0.25, -0.2) is 0 Å². The van der Waals surface area contributed by atoms with Gasteiger partial charge >= 0.3 is 0 Å². The van der Waals surface area contributed by atoms with Gasteiger partial charge in [0.05, 0.1) is 0 Å². The second kappa shape index (κ2) is 6.26. The molecule has 2 N–H and O–H groups in total. The van der Waals surface area contributed by atoms with Gasteiger partial charge in [-0.15, -0.1) is 0 Å². The predicted molar refractivity (Wildman–Crippen MR) is 91.8 cm³/mol. The number of hydrogen-bond acceptors (Lipinski definition) is 4. The Hall–Kier alpha value is -2.21. The fraction of sp³-hybridized carbons (Fsp3) is 0.526. The average Bonchev–Trinajstić information content (AvgIpc) is 2.91. The van der Waals surface area contributed by atoms with Crippen LogP contribution < -0.4 is 10.6 Å². The first-order valence-corrected chi connectivity index (χ1v) is 9.06. The van der Waals surface area contributed by atoms with Gasteiger partial charge in [-0.3, -0.25) is 19.7 Å². The molecule has 2 unspecified atom stereocenters.